The van der Waals surface area contributed by atoms with Crippen molar-refractivity contribution in [3.05, 3.63) is 60.2 Å². The molecule has 7 heteroatoms. The second kappa shape index (κ2) is 6.78. The fraction of sp³-hybridized carbons (Fsp3) is 0.250. The molecular weight excluding hydrogens is 312 g/mol. The van der Waals surface area contributed by atoms with E-state index in [0.29, 0.717) is 0 Å². The predicted molar refractivity (Wildman–Crippen MR) is 89.9 cm³/mol. The van der Waals surface area contributed by atoms with Gasteiger partial charge in [-0.1, -0.05) is 0 Å². The van der Waals surface area contributed by atoms with E-state index < -0.39 is 9.84 Å². The Balaban J connectivity index is 1.77. The smallest absolute Gasteiger partial charge is 0.154 e. The Kier molecular flexibility index (Phi) is 4.57. The van der Waals surface area contributed by atoms with Gasteiger partial charge in [0.2, 0.25) is 0 Å². The Labute approximate surface area is 135 Å². The van der Waals surface area contributed by atoms with E-state index in [0.717, 1.165) is 11.1 Å². The van der Waals surface area contributed by atoms with Gasteiger partial charge in [-0.25, -0.2) is 8.42 Å². The average Bonchev–Trinajstić information content (AvgIpc) is 2.87. The Bertz CT molecular complexity index is 741. The van der Waals surface area contributed by atoms with Crippen LogP contribution in [0.3, 0.4) is 0 Å². The van der Waals surface area contributed by atoms with Gasteiger partial charge in [0.05, 0.1) is 23.6 Å². The maximum atomic E-state index is 11.9. The van der Waals surface area contributed by atoms with Crippen molar-refractivity contribution in [3.63, 3.8) is 0 Å². The fourth-order valence-corrected chi connectivity index (χ4v) is 4.15. The highest BCUT2D eigenvalue weighted by atomic mass is 32.2. The van der Waals surface area contributed by atoms with Crippen LogP contribution in [0.4, 0.5) is 0 Å². The highest BCUT2D eigenvalue weighted by Crippen LogP contribution is 2.19. The summed E-state index contributed by atoms with van der Waals surface area (Å²) in [5, 5.41) is 0. The minimum atomic E-state index is -3.11. The summed E-state index contributed by atoms with van der Waals surface area (Å²) in [6.45, 7) is 0. The largest absolute Gasteiger partial charge is 0.286 e. The van der Waals surface area contributed by atoms with Gasteiger partial charge in [-0.15, -0.1) is 0 Å². The van der Waals surface area contributed by atoms with Gasteiger partial charge in [-0.3, -0.25) is 20.0 Å². The number of nitrogens with zero attached hydrogens (tertiary/aromatic N) is 4. The lowest BCUT2D eigenvalue weighted by atomic mass is 10.2. The highest BCUT2D eigenvalue weighted by Gasteiger charge is 2.36. The SMILES string of the molecule is O=S1(=O)C[C@H](N=Cc2ccncc2)[C@@H](N=Cc2ccncc2)C1. The lowest BCUT2D eigenvalue weighted by molar-refractivity contribution is 0.601. The number of hydrogen-bond acceptors (Lipinski definition) is 6. The predicted octanol–water partition coefficient (Wildman–Crippen LogP) is 1.18. The van der Waals surface area contributed by atoms with Gasteiger partial charge in [-0.2, -0.15) is 0 Å². The Morgan fingerprint density at radius 3 is 1.61 bits per heavy atom. The van der Waals surface area contributed by atoms with Gasteiger partial charge >= 0.3 is 0 Å². The molecule has 2 aromatic heterocycles. The van der Waals surface area contributed by atoms with E-state index in [4.69, 9.17) is 0 Å². The van der Waals surface area contributed by atoms with Gasteiger partial charge < -0.3 is 0 Å². The summed E-state index contributed by atoms with van der Waals surface area (Å²) in [6.07, 6.45) is 10.1. The summed E-state index contributed by atoms with van der Waals surface area (Å²) >= 11 is 0. The number of rotatable bonds is 4. The standard InChI is InChI=1S/C16H16N4O2S/c21-23(22)11-15(19-9-13-1-5-17-6-2-13)16(12-23)20-10-14-3-7-18-8-4-14/h1-10,15-16H,11-12H2/t15-,16-/m0/s1. The third kappa shape index (κ3) is 4.29. The third-order valence-electron chi connectivity index (χ3n) is 3.54. The number of aromatic nitrogens is 2. The highest BCUT2D eigenvalue weighted by molar-refractivity contribution is 7.91. The summed E-state index contributed by atoms with van der Waals surface area (Å²) in [4.78, 5) is 16.7. The zero-order chi connectivity index (χ0) is 16.1. The van der Waals surface area contributed by atoms with Crippen LogP contribution in [0.1, 0.15) is 11.1 Å². The van der Waals surface area contributed by atoms with E-state index in [1.165, 1.54) is 0 Å². The molecule has 0 spiro atoms. The number of sulfone groups is 1. The molecule has 0 saturated carbocycles. The molecule has 0 bridgehead atoms. The zero-order valence-electron chi connectivity index (χ0n) is 12.4. The molecule has 1 aliphatic heterocycles. The van der Waals surface area contributed by atoms with Crippen LogP contribution in [0.2, 0.25) is 0 Å². The molecule has 6 nitrogen and oxygen atoms in total. The third-order valence-corrected chi connectivity index (χ3v) is 5.23. The van der Waals surface area contributed by atoms with Crippen LogP contribution in [0.25, 0.3) is 0 Å². The molecule has 0 unspecified atom stereocenters. The topological polar surface area (TPSA) is 84.6 Å². The van der Waals surface area contributed by atoms with Crippen LogP contribution in [0.15, 0.2) is 59.0 Å². The van der Waals surface area contributed by atoms with Gasteiger partial charge in [-0.05, 0) is 35.4 Å². The molecule has 1 saturated heterocycles. The molecule has 118 valence electrons. The molecule has 0 aliphatic carbocycles. The van der Waals surface area contributed by atoms with Crippen molar-refractivity contribution < 1.29 is 8.42 Å². The first-order valence-electron chi connectivity index (χ1n) is 7.19. The van der Waals surface area contributed by atoms with Gasteiger partial charge in [0.1, 0.15) is 0 Å². The maximum absolute atomic E-state index is 11.9. The second-order valence-corrected chi connectivity index (χ2v) is 7.48. The van der Waals surface area contributed by atoms with Gasteiger partial charge in [0.25, 0.3) is 0 Å². The molecule has 2 atom stereocenters. The maximum Gasteiger partial charge on any atom is 0.154 e. The lowest BCUT2D eigenvalue weighted by Crippen LogP contribution is -2.20. The summed E-state index contributed by atoms with van der Waals surface area (Å²) in [7, 11) is -3.11. The van der Waals surface area contributed by atoms with Crippen LogP contribution in [-0.2, 0) is 9.84 Å². The summed E-state index contributed by atoms with van der Waals surface area (Å²) in [5.41, 5.74) is 1.78. The second-order valence-electron chi connectivity index (χ2n) is 5.33. The van der Waals surface area contributed by atoms with E-state index in [2.05, 4.69) is 20.0 Å². The molecule has 1 fully saturated rings. The average molecular weight is 328 g/mol. The van der Waals surface area contributed by atoms with Crippen LogP contribution in [0.5, 0.6) is 0 Å². The molecular formula is C16H16N4O2S. The summed E-state index contributed by atoms with van der Waals surface area (Å²) in [5.74, 6) is 0.0693. The van der Waals surface area contributed by atoms with Crippen molar-refractivity contribution in [3.8, 4) is 0 Å². The van der Waals surface area contributed by atoms with Crippen molar-refractivity contribution in [1.82, 2.24) is 9.97 Å². The van der Waals surface area contributed by atoms with E-state index in [1.54, 1.807) is 37.2 Å². The number of pyridine rings is 2. The minimum absolute atomic E-state index is 0.0347. The minimum Gasteiger partial charge on any atom is -0.286 e. The van der Waals surface area contributed by atoms with Crippen LogP contribution in [0, 0.1) is 0 Å². The molecule has 23 heavy (non-hydrogen) atoms. The Morgan fingerprint density at radius 1 is 0.826 bits per heavy atom. The molecule has 0 amide bonds. The van der Waals surface area contributed by atoms with Crippen LogP contribution < -0.4 is 0 Å². The fourth-order valence-electron chi connectivity index (χ4n) is 2.36. The van der Waals surface area contributed by atoms with Crippen LogP contribution in [-0.4, -0.2) is 54.4 Å². The first kappa shape index (κ1) is 15.5. The number of aliphatic imine (C=N–C) groups is 2. The molecule has 3 rings (SSSR count). The molecule has 0 N–H and O–H groups in total. The zero-order valence-corrected chi connectivity index (χ0v) is 13.2. The Hall–Kier alpha value is -2.41. The van der Waals surface area contributed by atoms with Gasteiger partial charge in [0.15, 0.2) is 9.84 Å². The first-order chi connectivity index (χ1) is 11.1. The van der Waals surface area contributed by atoms with E-state index in [9.17, 15) is 8.42 Å². The molecule has 0 radical (unpaired) electrons. The van der Waals surface area contributed by atoms with E-state index >= 15 is 0 Å². The first-order valence-corrected chi connectivity index (χ1v) is 9.01. The molecule has 3 heterocycles. The molecule has 0 aromatic carbocycles. The van der Waals surface area contributed by atoms with Crippen molar-refractivity contribution in [1.29, 1.82) is 0 Å². The lowest BCUT2D eigenvalue weighted by Gasteiger charge is -2.08. The van der Waals surface area contributed by atoms with Crippen molar-refractivity contribution in [2.45, 2.75) is 12.1 Å². The molecule has 2 aromatic rings. The van der Waals surface area contributed by atoms with Crippen molar-refractivity contribution in [2.75, 3.05) is 11.5 Å². The van der Waals surface area contributed by atoms with E-state index in [1.807, 2.05) is 24.3 Å². The van der Waals surface area contributed by atoms with Crippen molar-refractivity contribution >= 4 is 22.3 Å². The Morgan fingerprint density at radius 2 is 1.22 bits per heavy atom. The quantitative estimate of drug-likeness (QED) is 0.789. The van der Waals surface area contributed by atoms with Gasteiger partial charge in [0, 0.05) is 37.2 Å². The van der Waals surface area contributed by atoms with E-state index in [-0.39, 0.29) is 23.6 Å². The van der Waals surface area contributed by atoms with Crippen molar-refractivity contribution in [2.24, 2.45) is 9.98 Å². The normalized spacial score (nSPS) is 23.7. The summed E-state index contributed by atoms with van der Waals surface area (Å²) in [6, 6.07) is 6.58. The monoisotopic (exact) mass is 328 g/mol. The number of hydrogen-bond donors (Lipinski definition) is 0. The molecule has 1 aliphatic rings. The van der Waals surface area contributed by atoms with Crippen LogP contribution >= 0.6 is 0 Å². The summed E-state index contributed by atoms with van der Waals surface area (Å²) < 4.78 is 23.8.